The van der Waals surface area contributed by atoms with E-state index < -0.39 is 22.0 Å². The number of carboxylic acid groups (broad SMARTS) is 1. The lowest BCUT2D eigenvalue weighted by atomic mass is 10.2. The minimum absolute atomic E-state index is 0.0856. The first-order valence-electron chi connectivity index (χ1n) is 5.67. The van der Waals surface area contributed by atoms with Crippen molar-refractivity contribution in [3.05, 3.63) is 0 Å². The van der Waals surface area contributed by atoms with Gasteiger partial charge in [0.15, 0.2) is 0 Å². The summed E-state index contributed by atoms with van der Waals surface area (Å²) in [6.45, 7) is 0.435. The molecule has 1 N–H and O–H groups in total. The van der Waals surface area contributed by atoms with Crippen LogP contribution in [-0.2, 0) is 19.6 Å². The van der Waals surface area contributed by atoms with Gasteiger partial charge in [0.1, 0.15) is 6.04 Å². The second-order valence-corrected chi connectivity index (χ2v) is 6.37. The van der Waals surface area contributed by atoms with E-state index in [1.54, 1.807) is 0 Å². The van der Waals surface area contributed by atoms with Gasteiger partial charge in [-0.3, -0.25) is 9.59 Å². The number of likely N-dealkylation sites (N-methyl/N-ethyl adjacent to an activating group) is 1. The molecule has 1 heterocycles. The minimum atomic E-state index is -3.39. The minimum Gasteiger partial charge on any atom is -0.481 e. The van der Waals surface area contributed by atoms with E-state index in [-0.39, 0.29) is 18.9 Å². The third-order valence-electron chi connectivity index (χ3n) is 2.95. The molecule has 0 aliphatic carbocycles. The number of aliphatic carboxylic acids is 1. The average Bonchev–Trinajstić information content (AvgIpc) is 2.72. The highest BCUT2D eigenvalue weighted by Gasteiger charge is 2.37. The van der Waals surface area contributed by atoms with Crippen molar-refractivity contribution >= 4 is 21.9 Å². The molecule has 0 radical (unpaired) electrons. The molecule has 0 spiro atoms. The van der Waals surface area contributed by atoms with E-state index in [2.05, 4.69) is 0 Å². The molecular weight excluding hydrogens is 260 g/mol. The van der Waals surface area contributed by atoms with E-state index >= 15 is 0 Å². The summed E-state index contributed by atoms with van der Waals surface area (Å²) in [5.74, 6) is -1.32. The molecule has 1 aliphatic rings. The topological polar surface area (TPSA) is 95.0 Å². The molecule has 1 fully saturated rings. The van der Waals surface area contributed by atoms with Gasteiger partial charge < -0.3 is 10.0 Å². The zero-order chi connectivity index (χ0) is 13.9. The fourth-order valence-electron chi connectivity index (χ4n) is 2.01. The molecule has 0 unspecified atom stereocenters. The van der Waals surface area contributed by atoms with E-state index in [1.807, 2.05) is 0 Å². The highest BCUT2D eigenvalue weighted by molar-refractivity contribution is 7.88. The van der Waals surface area contributed by atoms with Gasteiger partial charge in [0.2, 0.25) is 15.9 Å². The molecular formula is C10H18N2O5S. The van der Waals surface area contributed by atoms with E-state index in [9.17, 15) is 18.0 Å². The van der Waals surface area contributed by atoms with Gasteiger partial charge in [-0.25, -0.2) is 8.42 Å². The summed E-state index contributed by atoms with van der Waals surface area (Å²) in [6.07, 6.45) is 2.07. The predicted octanol–water partition coefficient (Wildman–Crippen LogP) is -0.656. The number of amides is 1. The number of carbonyl (C=O) groups excluding carboxylic acids is 1. The smallest absolute Gasteiger partial charge is 0.305 e. The van der Waals surface area contributed by atoms with Crippen LogP contribution in [0.15, 0.2) is 0 Å². The van der Waals surface area contributed by atoms with Crippen LogP contribution >= 0.6 is 0 Å². The molecule has 0 aromatic heterocycles. The number of sulfonamides is 1. The normalized spacial score (nSPS) is 20.9. The lowest BCUT2D eigenvalue weighted by Gasteiger charge is -2.26. The zero-order valence-electron chi connectivity index (χ0n) is 10.5. The Hall–Kier alpha value is -1.15. The second kappa shape index (κ2) is 5.66. The maximum absolute atomic E-state index is 12.0. The van der Waals surface area contributed by atoms with Crippen molar-refractivity contribution < 1.29 is 23.1 Å². The summed E-state index contributed by atoms with van der Waals surface area (Å²) in [7, 11) is -1.90. The third kappa shape index (κ3) is 3.67. The van der Waals surface area contributed by atoms with Crippen molar-refractivity contribution in [1.82, 2.24) is 9.21 Å². The van der Waals surface area contributed by atoms with Crippen LogP contribution < -0.4 is 0 Å². The van der Waals surface area contributed by atoms with Crippen LogP contribution in [0.3, 0.4) is 0 Å². The van der Waals surface area contributed by atoms with Gasteiger partial charge in [-0.1, -0.05) is 0 Å². The molecule has 18 heavy (non-hydrogen) atoms. The summed E-state index contributed by atoms with van der Waals surface area (Å²) in [5, 5.41) is 8.55. The first-order chi connectivity index (χ1) is 8.23. The summed E-state index contributed by atoms with van der Waals surface area (Å²) in [6, 6.07) is -0.682. The molecule has 1 aliphatic heterocycles. The Labute approximate surface area is 106 Å². The SMILES string of the molecule is CN(CCC(=O)O)C(=O)[C@@H]1CCCN1S(C)(=O)=O. The van der Waals surface area contributed by atoms with Crippen LogP contribution in [0.2, 0.25) is 0 Å². The molecule has 7 nitrogen and oxygen atoms in total. The Morgan fingerprint density at radius 3 is 2.56 bits per heavy atom. The Morgan fingerprint density at radius 1 is 1.44 bits per heavy atom. The van der Waals surface area contributed by atoms with E-state index in [0.29, 0.717) is 19.4 Å². The van der Waals surface area contributed by atoms with Gasteiger partial charge >= 0.3 is 5.97 Å². The van der Waals surface area contributed by atoms with Crippen molar-refractivity contribution in [1.29, 1.82) is 0 Å². The van der Waals surface area contributed by atoms with Crippen LogP contribution in [0.5, 0.6) is 0 Å². The van der Waals surface area contributed by atoms with Gasteiger partial charge in [0, 0.05) is 20.1 Å². The molecule has 0 saturated carbocycles. The summed E-state index contributed by atoms with van der Waals surface area (Å²) >= 11 is 0. The van der Waals surface area contributed by atoms with Crippen molar-refractivity contribution in [2.45, 2.75) is 25.3 Å². The van der Waals surface area contributed by atoms with Crippen molar-refractivity contribution in [3.8, 4) is 0 Å². The largest absolute Gasteiger partial charge is 0.481 e. The number of rotatable bonds is 5. The molecule has 8 heteroatoms. The van der Waals surface area contributed by atoms with Crippen molar-refractivity contribution in [3.63, 3.8) is 0 Å². The van der Waals surface area contributed by atoms with E-state index in [4.69, 9.17) is 5.11 Å². The fourth-order valence-corrected chi connectivity index (χ4v) is 3.13. The molecule has 1 atom stereocenters. The highest BCUT2D eigenvalue weighted by atomic mass is 32.2. The van der Waals surface area contributed by atoms with Crippen molar-refractivity contribution in [2.75, 3.05) is 26.4 Å². The molecule has 0 bridgehead atoms. The van der Waals surface area contributed by atoms with Gasteiger partial charge in [0.25, 0.3) is 0 Å². The summed E-state index contributed by atoms with van der Waals surface area (Å²) in [5.41, 5.74) is 0. The molecule has 1 saturated heterocycles. The summed E-state index contributed by atoms with van der Waals surface area (Å²) in [4.78, 5) is 23.7. The Kier molecular flexibility index (Phi) is 4.69. The molecule has 104 valence electrons. The van der Waals surface area contributed by atoms with Gasteiger partial charge in [-0.2, -0.15) is 4.31 Å². The van der Waals surface area contributed by atoms with Crippen molar-refractivity contribution in [2.24, 2.45) is 0 Å². The number of carboxylic acids is 1. The van der Waals surface area contributed by atoms with Gasteiger partial charge in [-0.05, 0) is 12.8 Å². The van der Waals surface area contributed by atoms with Gasteiger partial charge in [0.05, 0.1) is 12.7 Å². The Bertz CT molecular complexity index is 434. The third-order valence-corrected chi connectivity index (χ3v) is 4.24. The highest BCUT2D eigenvalue weighted by Crippen LogP contribution is 2.21. The lowest BCUT2D eigenvalue weighted by Crippen LogP contribution is -2.46. The monoisotopic (exact) mass is 278 g/mol. The van der Waals surface area contributed by atoms with Gasteiger partial charge in [-0.15, -0.1) is 0 Å². The number of carbonyl (C=O) groups is 2. The standard InChI is InChI=1S/C10H18N2O5S/c1-11(7-5-9(13)14)10(15)8-4-3-6-12(8)18(2,16)17/h8H,3-7H2,1-2H3,(H,13,14)/t8-/m0/s1. The Balaban J connectivity index is 2.68. The molecule has 1 amide bonds. The average molecular weight is 278 g/mol. The first kappa shape index (κ1) is 14.9. The van der Waals surface area contributed by atoms with E-state index in [0.717, 1.165) is 6.26 Å². The predicted molar refractivity (Wildman–Crippen MR) is 64.5 cm³/mol. The maximum atomic E-state index is 12.0. The van der Waals surface area contributed by atoms with Crippen LogP contribution in [0.25, 0.3) is 0 Å². The number of nitrogens with zero attached hydrogens (tertiary/aromatic N) is 2. The lowest BCUT2D eigenvalue weighted by molar-refractivity contribution is -0.138. The molecule has 0 aromatic rings. The maximum Gasteiger partial charge on any atom is 0.305 e. The van der Waals surface area contributed by atoms with Crippen LogP contribution in [0.1, 0.15) is 19.3 Å². The summed E-state index contributed by atoms with van der Waals surface area (Å²) < 4.78 is 24.2. The second-order valence-electron chi connectivity index (χ2n) is 4.44. The molecule has 1 rings (SSSR count). The number of hydrogen-bond acceptors (Lipinski definition) is 4. The Morgan fingerprint density at radius 2 is 2.06 bits per heavy atom. The van der Waals surface area contributed by atoms with Crippen LogP contribution in [-0.4, -0.2) is 67.0 Å². The molecule has 0 aromatic carbocycles. The fraction of sp³-hybridized carbons (Fsp3) is 0.800. The quantitative estimate of drug-likeness (QED) is 0.720. The van der Waals surface area contributed by atoms with E-state index in [1.165, 1.54) is 16.3 Å². The first-order valence-corrected chi connectivity index (χ1v) is 7.52. The van der Waals surface area contributed by atoms with Crippen LogP contribution in [0.4, 0.5) is 0 Å². The zero-order valence-corrected chi connectivity index (χ0v) is 11.3. The number of hydrogen-bond donors (Lipinski definition) is 1. The van der Waals surface area contributed by atoms with Crippen LogP contribution in [0, 0.1) is 0 Å².